The van der Waals surface area contributed by atoms with Crippen LogP contribution in [0.2, 0.25) is 5.02 Å². The molecule has 0 unspecified atom stereocenters. The summed E-state index contributed by atoms with van der Waals surface area (Å²) in [5, 5.41) is 1.43. The lowest BCUT2D eigenvalue weighted by atomic mass is 9.94. The van der Waals surface area contributed by atoms with E-state index in [-0.39, 0.29) is 11.9 Å². The highest BCUT2D eigenvalue weighted by molar-refractivity contribution is 8.18. The normalized spacial score (nSPS) is 21.1. The molecule has 0 N–H and O–H groups in total. The van der Waals surface area contributed by atoms with Crippen LogP contribution in [0.3, 0.4) is 0 Å². The molecule has 2 fully saturated rings. The molecule has 1 saturated heterocycles. The largest absolute Gasteiger partial charge is 0.283 e. The average Bonchev–Trinajstić information content (AvgIpc) is 3.01. The summed E-state index contributed by atoms with van der Waals surface area (Å²) in [5.74, 6) is 0.0441. The first-order chi connectivity index (χ1) is 13.6. The van der Waals surface area contributed by atoms with E-state index in [9.17, 15) is 4.79 Å². The number of benzene rings is 2. The molecule has 1 heterocycles. The van der Waals surface area contributed by atoms with Crippen LogP contribution in [0.5, 0.6) is 0 Å². The molecular formula is C23H23ClN2OS. The Kier molecular flexibility index (Phi) is 5.88. The van der Waals surface area contributed by atoms with Gasteiger partial charge in [0.2, 0.25) is 0 Å². The van der Waals surface area contributed by atoms with Gasteiger partial charge in [-0.25, -0.2) is 4.99 Å². The molecule has 4 rings (SSSR count). The number of nitrogens with zero attached hydrogens (tertiary/aromatic N) is 2. The monoisotopic (exact) mass is 410 g/mol. The minimum Gasteiger partial charge on any atom is -0.283 e. The Morgan fingerprint density at radius 1 is 1.07 bits per heavy atom. The summed E-state index contributed by atoms with van der Waals surface area (Å²) in [6.07, 6.45) is 7.55. The van der Waals surface area contributed by atoms with Crippen molar-refractivity contribution in [1.29, 1.82) is 0 Å². The van der Waals surface area contributed by atoms with Crippen molar-refractivity contribution in [2.75, 3.05) is 0 Å². The number of aryl methyl sites for hydroxylation is 1. The number of hydrogen-bond acceptors (Lipinski definition) is 3. The van der Waals surface area contributed by atoms with E-state index in [1.54, 1.807) is 0 Å². The van der Waals surface area contributed by atoms with E-state index in [4.69, 9.17) is 16.6 Å². The Hall–Kier alpha value is -2.04. The summed E-state index contributed by atoms with van der Waals surface area (Å²) in [4.78, 5) is 20.7. The Bertz CT molecular complexity index is 930. The SMILES string of the molecule is Cc1ccc(N=C2S/C(=C/c3ccccc3Cl)C(=O)N2C2CCCCC2)cc1. The molecule has 0 bridgehead atoms. The summed E-state index contributed by atoms with van der Waals surface area (Å²) < 4.78 is 0. The fourth-order valence-electron chi connectivity index (χ4n) is 3.69. The first-order valence-electron chi connectivity index (χ1n) is 9.75. The third-order valence-corrected chi connectivity index (χ3v) is 6.55. The fraction of sp³-hybridized carbons (Fsp3) is 0.304. The smallest absolute Gasteiger partial charge is 0.267 e. The minimum absolute atomic E-state index is 0.0441. The van der Waals surface area contributed by atoms with Gasteiger partial charge in [0.05, 0.1) is 10.6 Å². The quantitative estimate of drug-likeness (QED) is 0.535. The molecule has 1 aliphatic heterocycles. The second-order valence-electron chi connectivity index (χ2n) is 7.33. The zero-order valence-electron chi connectivity index (χ0n) is 15.9. The van der Waals surface area contributed by atoms with Crippen LogP contribution in [0.25, 0.3) is 6.08 Å². The van der Waals surface area contributed by atoms with Gasteiger partial charge in [0.25, 0.3) is 5.91 Å². The van der Waals surface area contributed by atoms with E-state index >= 15 is 0 Å². The van der Waals surface area contributed by atoms with E-state index < -0.39 is 0 Å². The van der Waals surface area contributed by atoms with Crippen molar-refractivity contribution >= 4 is 46.2 Å². The van der Waals surface area contributed by atoms with Gasteiger partial charge >= 0.3 is 0 Å². The summed E-state index contributed by atoms with van der Waals surface area (Å²) >= 11 is 7.76. The van der Waals surface area contributed by atoms with Gasteiger partial charge in [-0.05, 0) is 61.4 Å². The van der Waals surface area contributed by atoms with E-state index in [0.29, 0.717) is 9.93 Å². The fourth-order valence-corrected chi connectivity index (χ4v) is 4.93. The van der Waals surface area contributed by atoms with Gasteiger partial charge < -0.3 is 0 Å². The van der Waals surface area contributed by atoms with Gasteiger partial charge in [-0.3, -0.25) is 9.69 Å². The number of amidine groups is 1. The standard InChI is InChI=1S/C23H23ClN2OS/c1-16-11-13-18(14-12-16)25-23-26(19-8-3-2-4-9-19)22(27)21(28-23)15-17-7-5-6-10-20(17)24/h5-7,10-15,19H,2-4,8-9H2,1H3/b21-15+,25-23?. The van der Waals surface area contributed by atoms with Crippen LogP contribution in [0.4, 0.5) is 5.69 Å². The van der Waals surface area contributed by atoms with Gasteiger partial charge in [-0.15, -0.1) is 0 Å². The number of halogens is 1. The van der Waals surface area contributed by atoms with Gasteiger partial charge in [0.15, 0.2) is 5.17 Å². The van der Waals surface area contributed by atoms with E-state index in [2.05, 4.69) is 6.92 Å². The predicted octanol–water partition coefficient (Wildman–Crippen LogP) is 6.59. The van der Waals surface area contributed by atoms with Crippen molar-refractivity contribution in [3.63, 3.8) is 0 Å². The molecular weight excluding hydrogens is 388 g/mol. The minimum atomic E-state index is 0.0441. The van der Waals surface area contributed by atoms with Crippen LogP contribution in [-0.2, 0) is 4.79 Å². The van der Waals surface area contributed by atoms with Crippen LogP contribution in [0.15, 0.2) is 58.4 Å². The van der Waals surface area contributed by atoms with Gasteiger partial charge in [-0.2, -0.15) is 0 Å². The number of aliphatic imine (C=N–C) groups is 1. The molecule has 1 amide bonds. The maximum Gasteiger partial charge on any atom is 0.267 e. The van der Waals surface area contributed by atoms with E-state index in [1.165, 1.54) is 36.6 Å². The molecule has 0 radical (unpaired) electrons. The summed E-state index contributed by atoms with van der Waals surface area (Å²) in [7, 11) is 0. The number of carbonyl (C=O) groups is 1. The molecule has 144 valence electrons. The maximum absolute atomic E-state index is 13.3. The average molecular weight is 411 g/mol. The van der Waals surface area contributed by atoms with Gasteiger partial charge in [0, 0.05) is 11.1 Å². The van der Waals surface area contributed by atoms with Gasteiger partial charge in [-0.1, -0.05) is 66.8 Å². The van der Waals surface area contributed by atoms with Crippen molar-refractivity contribution in [2.45, 2.75) is 45.1 Å². The van der Waals surface area contributed by atoms with E-state index in [0.717, 1.165) is 29.3 Å². The molecule has 5 heteroatoms. The lowest BCUT2D eigenvalue weighted by Crippen LogP contribution is -2.40. The Morgan fingerprint density at radius 3 is 2.50 bits per heavy atom. The molecule has 28 heavy (non-hydrogen) atoms. The van der Waals surface area contributed by atoms with Crippen molar-refractivity contribution in [3.8, 4) is 0 Å². The molecule has 1 saturated carbocycles. The number of thioether (sulfide) groups is 1. The highest BCUT2D eigenvalue weighted by Gasteiger charge is 2.38. The van der Waals surface area contributed by atoms with Crippen LogP contribution in [0, 0.1) is 6.92 Å². The van der Waals surface area contributed by atoms with Crippen LogP contribution >= 0.6 is 23.4 Å². The molecule has 0 aromatic heterocycles. The molecule has 0 spiro atoms. The molecule has 1 aliphatic carbocycles. The number of carbonyl (C=O) groups excluding carboxylic acids is 1. The first-order valence-corrected chi connectivity index (χ1v) is 10.9. The Labute approximate surface area is 175 Å². The topological polar surface area (TPSA) is 32.7 Å². The maximum atomic E-state index is 13.3. The number of amides is 1. The molecule has 0 atom stereocenters. The van der Waals surface area contributed by atoms with Crippen LogP contribution in [-0.4, -0.2) is 22.0 Å². The predicted molar refractivity (Wildman–Crippen MR) is 119 cm³/mol. The number of rotatable bonds is 3. The zero-order valence-corrected chi connectivity index (χ0v) is 17.5. The molecule has 2 aromatic carbocycles. The molecule has 2 aliphatic rings. The second-order valence-corrected chi connectivity index (χ2v) is 8.75. The molecule has 3 nitrogen and oxygen atoms in total. The Balaban J connectivity index is 1.71. The van der Waals surface area contributed by atoms with Crippen LogP contribution < -0.4 is 0 Å². The van der Waals surface area contributed by atoms with Gasteiger partial charge in [0.1, 0.15) is 0 Å². The highest BCUT2D eigenvalue weighted by Crippen LogP contribution is 2.39. The molecule has 2 aromatic rings. The zero-order chi connectivity index (χ0) is 19.5. The van der Waals surface area contributed by atoms with E-state index in [1.807, 2.05) is 59.5 Å². The van der Waals surface area contributed by atoms with Crippen LogP contribution in [0.1, 0.15) is 43.2 Å². The van der Waals surface area contributed by atoms with Crippen molar-refractivity contribution in [3.05, 3.63) is 69.6 Å². The van der Waals surface area contributed by atoms with Crippen molar-refractivity contribution in [1.82, 2.24) is 4.90 Å². The van der Waals surface area contributed by atoms with Crippen molar-refractivity contribution < 1.29 is 4.79 Å². The highest BCUT2D eigenvalue weighted by atomic mass is 35.5. The lowest BCUT2D eigenvalue weighted by molar-refractivity contribution is -0.124. The first kappa shape index (κ1) is 19.3. The number of hydrogen-bond donors (Lipinski definition) is 0. The Morgan fingerprint density at radius 2 is 1.79 bits per heavy atom. The third-order valence-electron chi connectivity index (χ3n) is 5.23. The summed E-state index contributed by atoms with van der Waals surface area (Å²) in [5.41, 5.74) is 2.93. The summed E-state index contributed by atoms with van der Waals surface area (Å²) in [6.45, 7) is 2.06. The summed E-state index contributed by atoms with van der Waals surface area (Å²) in [6, 6.07) is 15.9. The second kappa shape index (κ2) is 8.54. The van der Waals surface area contributed by atoms with Crippen molar-refractivity contribution in [2.24, 2.45) is 4.99 Å². The third kappa shape index (κ3) is 4.18. The lowest BCUT2D eigenvalue weighted by Gasteiger charge is -2.30.